The van der Waals surface area contributed by atoms with Crippen molar-refractivity contribution in [1.29, 1.82) is 0 Å². The molecule has 1 saturated carbocycles. The van der Waals surface area contributed by atoms with Crippen LogP contribution in [-0.4, -0.2) is 14.8 Å². The van der Waals surface area contributed by atoms with Crippen LogP contribution in [0.4, 0.5) is 5.95 Å². The molecule has 7 heteroatoms. The molecule has 100 valence electrons. The molecule has 0 spiro atoms. The molecular formula is C12H12Cl2N4S. The van der Waals surface area contributed by atoms with Crippen LogP contribution < -0.4 is 5.73 Å². The molecule has 19 heavy (non-hydrogen) atoms. The van der Waals surface area contributed by atoms with E-state index in [1.54, 1.807) is 17.8 Å². The molecular weight excluding hydrogens is 303 g/mol. The lowest BCUT2D eigenvalue weighted by Crippen LogP contribution is -2.02. The summed E-state index contributed by atoms with van der Waals surface area (Å²) >= 11 is 13.5. The first-order valence-corrected chi connectivity index (χ1v) is 7.66. The molecule has 1 aliphatic carbocycles. The highest BCUT2D eigenvalue weighted by atomic mass is 35.5. The minimum Gasteiger partial charge on any atom is -0.368 e. The van der Waals surface area contributed by atoms with Gasteiger partial charge in [-0.15, -0.1) is 10.2 Å². The van der Waals surface area contributed by atoms with Gasteiger partial charge in [-0.3, -0.25) is 4.57 Å². The quantitative estimate of drug-likeness (QED) is 0.872. The highest BCUT2D eigenvalue weighted by Crippen LogP contribution is 2.40. The Balaban J connectivity index is 1.73. The van der Waals surface area contributed by atoms with Crippen molar-refractivity contribution in [3.8, 4) is 0 Å². The second-order valence-electron chi connectivity index (χ2n) is 4.48. The second-order valence-corrected chi connectivity index (χ2v) is 6.24. The molecule has 0 saturated heterocycles. The van der Waals surface area contributed by atoms with E-state index in [9.17, 15) is 0 Å². The Hall–Kier alpha value is -0.910. The Bertz CT molecular complexity index is 610. The number of nitrogen functional groups attached to an aromatic ring is 1. The maximum absolute atomic E-state index is 6.00. The van der Waals surface area contributed by atoms with Crippen LogP contribution in [0.1, 0.15) is 24.4 Å². The summed E-state index contributed by atoms with van der Waals surface area (Å²) < 4.78 is 2.02. The van der Waals surface area contributed by atoms with Gasteiger partial charge in [0.2, 0.25) is 5.95 Å². The van der Waals surface area contributed by atoms with Gasteiger partial charge in [0.15, 0.2) is 5.16 Å². The number of anilines is 1. The highest BCUT2D eigenvalue weighted by Gasteiger charge is 2.28. The lowest BCUT2D eigenvalue weighted by Gasteiger charge is -2.06. The van der Waals surface area contributed by atoms with E-state index in [0.717, 1.165) is 29.3 Å². The molecule has 0 aliphatic heterocycles. The average molecular weight is 315 g/mol. The maximum atomic E-state index is 6.00. The Morgan fingerprint density at radius 3 is 2.74 bits per heavy atom. The zero-order valence-electron chi connectivity index (χ0n) is 10.0. The number of benzene rings is 1. The van der Waals surface area contributed by atoms with Crippen LogP contribution in [0.25, 0.3) is 0 Å². The van der Waals surface area contributed by atoms with Crippen LogP contribution in [0.3, 0.4) is 0 Å². The average Bonchev–Trinajstić information content (AvgIpc) is 3.15. The number of halogens is 2. The minimum absolute atomic E-state index is 0.478. The minimum atomic E-state index is 0.478. The monoisotopic (exact) mass is 314 g/mol. The molecule has 1 fully saturated rings. The lowest BCUT2D eigenvalue weighted by molar-refractivity contribution is 0.671. The predicted octanol–water partition coefficient (Wildman–Crippen LogP) is 3.79. The van der Waals surface area contributed by atoms with Gasteiger partial charge < -0.3 is 5.73 Å². The van der Waals surface area contributed by atoms with Gasteiger partial charge in [-0.1, -0.05) is 41.0 Å². The molecule has 1 aromatic carbocycles. The molecule has 0 radical (unpaired) electrons. The molecule has 0 amide bonds. The van der Waals surface area contributed by atoms with Crippen molar-refractivity contribution < 1.29 is 0 Å². The van der Waals surface area contributed by atoms with Crippen LogP contribution in [-0.2, 0) is 5.75 Å². The molecule has 3 rings (SSSR count). The summed E-state index contributed by atoms with van der Waals surface area (Å²) in [4.78, 5) is 0. The van der Waals surface area contributed by atoms with Crippen LogP contribution in [0.5, 0.6) is 0 Å². The Labute approximate surface area is 125 Å². The van der Waals surface area contributed by atoms with Crippen molar-refractivity contribution in [3.05, 3.63) is 33.8 Å². The van der Waals surface area contributed by atoms with Crippen LogP contribution >= 0.6 is 35.0 Å². The van der Waals surface area contributed by atoms with Crippen molar-refractivity contribution >= 4 is 40.9 Å². The summed E-state index contributed by atoms with van der Waals surface area (Å²) in [5, 5.41) is 10.1. The second kappa shape index (κ2) is 5.23. The van der Waals surface area contributed by atoms with Gasteiger partial charge in [0.25, 0.3) is 0 Å². The molecule has 2 aromatic rings. The highest BCUT2D eigenvalue weighted by molar-refractivity contribution is 7.98. The van der Waals surface area contributed by atoms with Crippen LogP contribution in [0.15, 0.2) is 23.4 Å². The van der Waals surface area contributed by atoms with Gasteiger partial charge in [-0.25, -0.2) is 0 Å². The fraction of sp³-hybridized carbons (Fsp3) is 0.333. The standard InChI is InChI=1S/C12H12Cl2N4S/c13-9-4-1-7(5-10(9)14)6-19-12-17-16-11(15)18(12)8-2-3-8/h1,4-5,8H,2-3,6H2,(H2,15,16). The fourth-order valence-electron chi connectivity index (χ4n) is 1.84. The summed E-state index contributed by atoms with van der Waals surface area (Å²) in [6.07, 6.45) is 2.31. The van der Waals surface area contributed by atoms with E-state index in [2.05, 4.69) is 10.2 Å². The van der Waals surface area contributed by atoms with Gasteiger partial charge in [0.05, 0.1) is 10.0 Å². The van der Waals surface area contributed by atoms with Crippen LogP contribution in [0, 0.1) is 0 Å². The Morgan fingerprint density at radius 2 is 2.05 bits per heavy atom. The van der Waals surface area contributed by atoms with E-state index in [1.165, 1.54) is 0 Å². The first-order chi connectivity index (χ1) is 9.15. The number of nitrogens with zero attached hydrogens (tertiary/aromatic N) is 3. The maximum Gasteiger partial charge on any atom is 0.222 e. The van der Waals surface area contributed by atoms with Crippen molar-refractivity contribution in [2.45, 2.75) is 29.8 Å². The van der Waals surface area contributed by atoms with E-state index >= 15 is 0 Å². The van der Waals surface area contributed by atoms with Gasteiger partial charge >= 0.3 is 0 Å². The molecule has 4 nitrogen and oxygen atoms in total. The van der Waals surface area contributed by atoms with Crippen LogP contribution in [0.2, 0.25) is 10.0 Å². The number of aromatic nitrogens is 3. The zero-order chi connectivity index (χ0) is 13.4. The van der Waals surface area contributed by atoms with Gasteiger partial charge in [0.1, 0.15) is 0 Å². The largest absolute Gasteiger partial charge is 0.368 e. The van der Waals surface area contributed by atoms with Crippen molar-refractivity contribution in [3.63, 3.8) is 0 Å². The van der Waals surface area contributed by atoms with E-state index in [0.29, 0.717) is 22.0 Å². The number of hydrogen-bond donors (Lipinski definition) is 1. The smallest absolute Gasteiger partial charge is 0.222 e. The third-order valence-electron chi connectivity index (χ3n) is 2.95. The summed E-state index contributed by atoms with van der Waals surface area (Å²) in [6, 6.07) is 6.12. The summed E-state index contributed by atoms with van der Waals surface area (Å²) in [6.45, 7) is 0. The number of nitrogens with two attached hydrogens (primary N) is 1. The fourth-order valence-corrected chi connectivity index (χ4v) is 3.12. The van der Waals surface area contributed by atoms with E-state index in [4.69, 9.17) is 28.9 Å². The summed E-state index contributed by atoms with van der Waals surface area (Å²) in [5.74, 6) is 1.26. The normalized spacial score (nSPS) is 14.8. The predicted molar refractivity (Wildman–Crippen MR) is 78.7 cm³/mol. The van der Waals surface area contributed by atoms with E-state index in [-0.39, 0.29) is 0 Å². The molecule has 1 aliphatic rings. The first-order valence-electron chi connectivity index (χ1n) is 5.92. The zero-order valence-corrected chi connectivity index (χ0v) is 12.3. The van der Waals surface area contributed by atoms with Gasteiger partial charge in [0, 0.05) is 11.8 Å². The Morgan fingerprint density at radius 1 is 1.26 bits per heavy atom. The SMILES string of the molecule is Nc1nnc(SCc2ccc(Cl)c(Cl)c2)n1C1CC1. The van der Waals surface area contributed by atoms with E-state index in [1.807, 2.05) is 16.7 Å². The molecule has 0 bridgehead atoms. The Kier molecular flexibility index (Phi) is 3.60. The molecule has 0 atom stereocenters. The van der Waals surface area contributed by atoms with Gasteiger partial charge in [-0.2, -0.15) is 0 Å². The topological polar surface area (TPSA) is 56.7 Å². The number of rotatable bonds is 4. The van der Waals surface area contributed by atoms with Gasteiger partial charge in [-0.05, 0) is 30.5 Å². The third-order valence-corrected chi connectivity index (χ3v) is 4.71. The lowest BCUT2D eigenvalue weighted by atomic mass is 10.2. The molecule has 1 aromatic heterocycles. The summed E-state index contributed by atoms with van der Waals surface area (Å²) in [7, 11) is 0. The molecule has 2 N–H and O–H groups in total. The summed E-state index contributed by atoms with van der Waals surface area (Å²) in [5.41, 5.74) is 6.93. The number of thioether (sulfide) groups is 1. The number of hydrogen-bond acceptors (Lipinski definition) is 4. The van der Waals surface area contributed by atoms with Crippen molar-refractivity contribution in [1.82, 2.24) is 14.8 Å². The first kappa shape index (κ1) is 13.1. The van der Waals surface area contributed by atoms with Crippen molar-refractivity contribution in [2.75, 3.05) is 5.73 Å². The third kappa shape index (κ3) is 2.83. The molecule has 1 heterocycles. The molecule has 0 unspecified atom stereocenters. The van der Waals surface area contributed by atoms with Crippen molar-refractivity contribution in [2.24, 2.45) is 0 Å². The van der Waals surface area contributed by atoms with E-state index < -0.39 is 0 Å².